The van der Waals surface area contributed by atoms with Gasteiger partial charge in [-0.3, -0.25) is 10.3 Å². The molecule has 0 saturated heterocycles. The molecule has 1 aromatic rings. The Morgan fingerprint density at radius 3 is 3.00 bits per heavy atom. The zero-order valence-electron chi connectivity index (χ0n) is 8.53. The Morgan fingerprint density at radius 1 is 1.50 bits per heavy atom. The second-order valence-corrected chi connectivity index (χ2v) is 3.74. The molecule has 0 spiro atoms. The molecule has 1 heterocycles. The molecule has 0 bridgehead atoms. The largest absolute Gasteiger partial charge is 0.497 e. The van der Waals surface area contributed by atoms with Gasteiger partial charge in [-0.15, -0.1) is 0 Å². The van der Waals surface area contributed by atoms with E-state index in [9.17, 15) is 5.21 Å². The summed E-state index contributed by atoms with van der Waals surface area (Å²) < 4.78 is 5.16. The van der Waals surface area contributed by atoms with Gasteiger partial charge >= 0.3 is 0 Å². The van der Waals surface area contributed by atoms with Crippen LogP contribution in [0.15, 0.2) is 18.2 Å². The van der Waals surface area contributed by atoms with Gasteiger partial charge in [-0.2, -0.15) is 0 Å². The van der Waals surface area contributed by atoms with Crippen LogP contribution in [0.25, 0.3) is 0 Å². The van der Waals surface area contributed by atoms with Crippen molar-refractivity contribution in [1.29, 1.82) is 0 Å². The number of hydrogen-bond donors (Lipinski definition) is 1. The van der Waals surface area contributed by atoms with Gasteiger partial charge in [0.1, 0.15) is 5.75 Å². The van der Waals surface area contributed by atoms with Crippen LogP contribution in [0, 0.1) is 0 Å². The third-order valence-electron chi connectivity index (χ3n) is 2.82. The Kier molecular flexibility index (Phi) is 2.33. The van der Waals surface area contributed by atoms with Gasteiger partial charge in [-0.25, -0.2) is 0 Å². The van der Waals surface area contributed by atoms with Gasteiger partial charge in [0.15, 0.2) is 0 Å². The van der Waals surface area contributed by atoms with E-state index in [2.05, 4.69) is 6.92 Å². The van der Waals surface area contributed by atoms with E-state index in [0.29, 0.717) is 12.5 Å². The normalized spacial score (nSPS) is 20.5. The second-order valence-electron chi connectivity index (χ2n) is 3.74. The monoisotopic (exact) mass is 193 g/mol. The molecule has 2 rings (SSSR count). The Bertz CT molecular complexity index is 338. The first-order chi connectivity index (χ1) is 6.72. The summed E-state index contributed by atoms with van der Waals surface area (Å²) in [6.45, 7) is 2.88. The molecule has 0 amide bonds. The maximum absolute atomic E-state index is 9.64. The van der Waals surface area contributed by atoms with Crippen LogP contribution in [0.3, 0.4) is 0 Å². The van der Waals surface area contributed by atoms with Gasteiger partial charge in [0.25, 0.3) is 0 Å². The Hall–Kier alpha value is -1.22. The van der Waals surface area contributed by atoms with Crippen molar-refractivity contribution in [3.05, 3.63) is 23.8 Å². The van der Waals surface area contributed by atoms with Crippen molar-refractivity contribution in [2.24, 2.45) is 0 Å². The van der Waals surface area contributed by atoms with Crippen LogP contribution >= 0.6 is 0 Å². The quantitative estimate of drug-likeness (QED) is 0.743. The highest BCUT2D eigenvalue weighted by Gasteiger charge is 2.21. The fraction of sp³-hybridized carbons (Fsp3) is 0.455. The van der Waals surface area contributed by atoms with E-state index < -0.39 is 0 Å². The molecule has 0 saturated carbocycles. The van der Waals surface area contributed by atoms with Crippen molar-refractivity contribution in [2.75, 3.05) is 18.7 Å². The van der Waals surface area contributed by atoms with Crippen molar-refractivity contribution >= 4 is 5.69 Å². The lowest BCUT2D eigenvalue weighted by Gasteiger charge is -2.29. The van der Waals surface area contributed by atoms with E-state index in [1.807, 2.05) is 18.2 Å². The number of hydroxylamine groups is 1. The zero-order chi connectivity index (χ0) is 10.1. The molecule has 1 aromatic carbocycles. The summed E-state index contributed by atoms with van der Waals surface area (Å²) in [7, 11) is 1.66. The van der Waals surface area contributed by atoms with Crippen molar-refractivity contribution in [2.45, 2.75) is 19.3 Å². The lowest BCUT2D eigenvalue weighted by molar-refractivity contribution is 0.241. The molecule has 0 radical (unpaired) electrons. The summed E-state index contributed by atoms with van der Waals surface area (Å²) >= 11 is 0. The van der Waals surface area contributed by atoms with Crippen LogP contribution in [0.2, 0.25) is 0 Å². The van der Waals surface area contributed by atoms with Gasteiger partial charge in [0, 0.05) is 6.54 Å². The highest BCUT2D eigenvalue weighted by Crippen LogP contribution is 2.36. The smallest absolute Gasteiger partial charge is 0.119 e. The maximum atomic E-state index is 9.64. The van der Waals surface area contributed by atoms with Crippen LogP contribution < -0.4 is 9.80 Å². The molecule has 0 aliphatic carbocycles. The van der Waals surface area contributed by atoms with E-state index in [1.165, 1.54) is 5.06 Å². The van der Waals surface area contributed by atoms with E-state index >= 15 is 0 Å². The number of anilines is 1. The lowest BCUT2D eigenvalue weighted by atomic mass is 9.92. The minimum absolute atomic E-state index is 0.489. The van der Waals surface area contributed by atoms with Crippen molar-refractivity contribution in [3.8, 4) is 5.75 Å². The van der Waals surface area contributed by atoms with Crippen LogP contribution in [-0.2, 0) is 0 Å². The summed E-state index contributed by atoms with van der Waals surface area (Å²) in [5.74, 6) is 1.34. The molecule has 1 atom stereocenters. The first kappa shape index (κ1) is 9.34. The number of fused-ring (bicyclic) bond motifs is 1. The second kappa shape index (κ2) is 3.50. The van der Waals surface area contributed by atoms with Crippen LogP contribution in [0.4, 0.5) is 5.69 Å². The molecule has 1 unspecified atom stereocenters. The third kappa shape index (κ3) is 1.44. The summed E-state index contributed by atoms with van der Waals surface area (Å²) in [5.41, 5.74) is 2.07. The van der Waals surface area contributed by atoms with Gasteiger partial charge in [0.2, 0.25) is 0 Å². The summed E-state index contributed by atoms with van der Waals surface area (Å²) in [6.07, 6.45) is 0.983. The number of hydrogen-bond acceptors (Lipinski definition) is 3. The molecule has 14 heavy (non-hydrogen) atoms. The topological polar surface area (TPSA) is 32.7 Å². The fourth-order valence-electron chi connectivity index (χ4n) is 1.88. The Balaban J connectivity index is 2.45. The van der Waals surface area contributed by atoms with Crippen molar-refractivity contribution in [1.82, 2.24) is 0 Å². The molecule has 1 N–H and O–H groups in total. The van der Waals surface area contributed by atoms with Gasteiger partial charge in [0.05, 0.1) is 12.8 Å². The molecular weight excluding hydrogens is 178 g/mol. The van der Waals surface area contributed by atoms with Crippen molar-refractivity contribution in [3.63, 3.8) is 0 Å². The van der Waals surface area contributed by atoms with E-state index in [-0.39, 0.29) is 0 Å². The first-order valence-electron chi connectivity index (χ1n) is 4.86. The molecule has 1 aliphatic heterocycles. The number of benzene rings is 1. The predicted molar refractivity (Wildman–Crippen MR) is 55.2 cm³/mol. The molecular formula is C11H15NO2. The Morgan fingerprint density at radius 2 is 2.29 bits per heavy atom. The predicted octanol–water partition coefficient (Wildman–Crippen LogP) is 2.40. The van der Waals surface area contributed by atoms with E-state index in [4.69, 9.17) is 4.74 Å². The highest BCUT2D eigenvalue weighted by atomic mass is 16.5. The first-order valence-corrected chi connectivity index (χ1v) is 4.86. The summed E-state index contributed by atoms with van der Waals surface area (Å²) in [5, 5.41) is 10.9. The minimum atomic E-state index is 0.489. The Labute approximate surface area is 83.9 Å². The van der Waals surface area contributed by atoms with Gasteiger partial charge < -0.3 is 4.74 Å². The lowest BCUT2D eigenvalue weighted by Crippen LogP contribution is -2.26. The summed E-state index contributed by atoms with van der Waals surface area (Å²) in [6, 6.07) is 5.78. The number of methoxy groups -OCH3 is 1. The molecule has 1 aliphatic rings. The zero-order valence-corrected chi connectivity index (χ0v) is 8.53. The number of ether oxygens (including phenoxy) is 1. The van der Waals surface area contributed by atoms with Gasteiger partial charge in [-0.05, 0) is 36.1 Å². The van der Waals surface area contributed by atoms with Crippen molar-refractivity contribution < 1.29 is 9.94 Å². The van der Waals surface area contributed by atoms with Crippen LogP contribution in [0.5, 0.6) is 5.75 Å². The molecule has 76 valence electrons. The average Bonchev–Trinajstić information content (AvgIpc) is 2.23. The molecule has 3 nitrogen and oxygen atoms in total. The standard InChI is InChI=1S/C11H15NO2/c1-8-5-6-12(13)11-4-3-9(14-2)7-10(8)11/h3-4,7-8,13H,5-6H2,1-2H3. The number of rotatable bonds is 1. The molecule has 0 aromatic heterocycles. The summed E-state index contributed by atoms with van der Waals surface area (Å²) in [4.78, 5) is 0. The fourth-order valence-corrected chi connectivity index (χ4v) is 1.88. The van der Waals surface area contributed by atoms with Crippen LogP contribution in [-0.4, -0.2) is 18.9 Å². The number of nitrogens with zero attached hydrogens (tertiary/aromatic N) is 1. The maximum Gasteiger partial charge on any atom is 0.119 e. The van der Waals surface area contributed by atoms with Crippen LogP contribution in [0.1, 0.15) is 24.8 Å². The van der Waals surface area contributed by atoms with E-state index in [0.717, 1.165) is 23.4 Å². The minimum Gasteiger partial charge on any atom is -0.497 e. The van der Waals surface area contributed by atoms with Gasteiger partial charge in [-0.1, -0.05) is 6.92 Å². The highest BCUT2D eigenvalue weighted by molar-refractivity contribution is 5.57. The third-order valence-corrected chi connectivity index (χ3v) is 2.82. The molecule has 3 heteroatoms. The van der Waals surface area contributed by atoms with E-state index in [1.54, 1.807) is 7.11 Å². The SMILES string of the molecule is COc1ccc2c(c1)C(C)CCN2O. The average molecular weight is 193 g/mol. The molecule has 0 fully saturated rings.